The number of hydrogen-bond donors (Lipinski definition) is 1. The van der Waals surface area contributed by atoms with E-state index in [1.165, 1.54) is 12.8 Å². The second-order valence-electron chi connectivity index (χ2n) is 10.8. The van der Waals surface area contributed by atoms with E-state index in [0.717, 1.165) is 54.7 Å². The molecule has 3 aromatic carbocycles. The fraction of sp³-hybridized carbons (Fsp3) is 0.323. The lowest BCUT2D eigenvalue weighted by molar-refractivity contribution is -0.960. The number of nitrogens with zero attached hydrogens (tertiary/aromatic N) is 2. The summed E-state index contributed by atoms with van der Waals surface area (Å²) in [7, 11) is 0. The zero-order valence-corrected chi connectivity index (χ0v) is 20.8. The van der Waals surface area contributed by atoms with Gasteiger partial charge >= 0.3 is 0 Å². The van der Waals surface area contributed by atoms with Crippen molar-refractivity contribution in [1.29, 1.82) is 0 Å². The number of oxazole rings is 1. The molecule has 4 aliphatic heterocycles. The minimum absolute atomic E-state index is 0.291. The van der Waals surface area contributed by atoms with Crippen LogP contribution in [0.5, 0.6) is 17.2 Å². The Hall–Kier alpha value is -3.61. The Morgan fingerprint density at radius 1 is 0.892 bits per heavy atom. The lowest BCUT2D eigenvalue weighted by Crippen LogP contribution is -2.62. The highest BCUT2D eigenvalue weighted by atomic mass is 16.5. The Kier molecular flexibility index (Phi) is 5.34. The molecule has 0 spiro atoms. The van der Waals surface area contributed by atoms with Crippen LogP contribution in [0.2, 0.25) is 0 Å². The first-order valence-electron chi connectivity index (χ1n) is 13.2. The average molecular weight is 496 g/mol. The van der Waals surface area contributed by atoms with Gasteiger partial charge in [-0.05, 0) is 30.2 Å². The van der Waals surface area contributed by atoms with Crippen LogP contribution in [0.4, 0.5) is 0 Å². The third kappa shape index (κ3) is 3.83. The van der Waals surface area contributed by atoms with Crippen molar-refractivity contribution in [2.24, 2.45) is 11.8 Å². The van der Waals surface area contributed by atoms with Crippen molar-refractivity contribution < 1.29 is 23.5 Å². The summed E-state index contributed by atoms with van der Waals surface area (Å²) in [6.45, 7) is 4.90. The van der Waals surface area contributed by atoms with Crippen molar-refractivity contribution in [3.8, 4) is 17.2 Å². The van der Waals surface area contributed by atoms with Crippen LogP contribution in [0, 0.1) is 11.8 Å². The van der Waals surface area contributed by atoms with Crippen molar-refractivity contribution in [2.75, 3.05) is 26.2 Å². The second kappa shape index (κ2) is 8.75. The molecule has 0 amide bonds. The maximum Gasteiger partial charge on any atom is 0.236 e. The summed E-state index contributed by atoms with van der Waals surface area (Å²) < 4.78 is 19.6. The zero-order chi connectivity index (χ0) is 24.9. The smallest absolute Gasteiger partial charge is 0.236 e. The van der Waals surface area contributed by atoms with Crippen LogP contribution in [0.1, 0.15) is 35.6 Å². The Labute approximate surface area is 216 Å². The molecule has 4 aromatic rings. The first-order valence-corrected chi connectivity index (χ1v) is 13.2. The SMILES string of the molecule is OC1(c2ncc(C[N+]34CCC(CC3)[C@H](COc3ccccc3)C4)o2)c2ccccc2Oc2ccccc21. The molecule has 0 unspecified atom stereocenters. The van der Waals surface area contributed by atoms with E-state index in [2.05, 4.69) is 4.98 Å². The minimum Gasteiger partial charge on any atom is -0.493 e. The number of rotatable bonds is 6. The largest absolute Gasteiger partial charge is 0.493 e. The van der Waals surface area contributed by atoms with Crippen molar-refractivity contribution in [1.82, 2.24) is 4.98 Å². The molecule has 5 heterocycles. The predicted molar refractivity (Wildman–Crippen MR) is 138 cm³/mol. The molecular formula is C31H31N2O4+. The van der Waals surface area contributed by atoms with Gasteiger partial charge in [-0.3, -0.25) is 0 Å². The number of fused-ring (bicyclic) bond motifs is 5. The summed E-state index contributed by atoms with van der Waals surface area (Å²) >= 11 is 0. The maximum absolute atomic E-state index is 12.2. The number of aromatic nitrogens is 1. The highest BCUT2D eigenvalue weighted by Gasteiger charge is 2.48. The van der Waals surface area contributed by atoms with Crippen LogP contribution >= 0.6 is 0 Å². The summed E-state index contributed by atoms with van der Waals surface area (Å²) in [4.78, 5) is 4.64. The topological polar surface area (TPSA) is 64.7 Å². The molecule has 1 aromatic heterocycles. The monoisotopic (exact) mass is 495 g/mol. The molecule has 0 radical (unpaired) electrons. The Balaban J connectivity index is 1.15. The second-order valence-corrected chi connectivity index (χ2v) is 10.8. The molecule has 2 bridgehead atoms. The molecule has 8 rings (SSSR count). The Morgan fingerprint density at radius 3 is 2.24 bits per heavy atom. The van der Waals surface area contributed by atoms with Gasteiger partial charge in [-0.25, -0.2) is 4.98 Å². The Bertz CT molecular complexity index is 1360. The molecule has 37 heavy (non-hydrogen) atoms. The molecule has 188 valence electrons. The fourth-order valence-electron chi connectivity index (χ4n) is 6.65. The van der Waals surface area contributed by atoms with Gasteiger partial charge in [0.2, 0.25) is 5.89 Å². The fourth-order valence-corrected chi connectivity index (χ4v) is 6.65. The summed E-state index contributed by atoms with van der Waals surface area (Å²) in [6, 6.07) is 25.2. The maximum atomic E-state index is 12.2. The number of ether oxygens (including phenoxy) is 2. The molecule has 3 fully saturated rings. The summed E-state index contributed by atoms with van der Waals surface area (Å²) in [5.41, 5.74) is -0.220. The molecule has 3 saturated heterocycles. The van der Waals surface area contributed by atoms with E-state index in [0.29, 0.717) is 34.4 Å². The summed E-state index contributed by atoms with van der Waals surface area (Å²) in [5.74, 6) is 4.53. The highest BCUT2D eigenvalue weighted by molar-refractivity contribution is 5.58. The van der Waals surface area contributed by atoms with E-state index in [9.17, 15) is 5.11 Å². The zero-order valence-electron chi connectivity index (χ0n) is 20.8. The van der Waals surface area contributed by atoms with E-state index in [-0.39, 0.29) is 0 Å². The predicted octanol–water partition coefficient (Wildman–Crippen LogP) is 5.50. The normalized spacial score (nSPS) is 25.1. The molecule has 0 aliphatic carbocycles. The van der Waals surface area contributed by atoms with Crippen molar-refractivity contribution >= 4 is 0 Å². The molecule has 1 atom stereocenters. The van der Waals surface area contributed by atoms with Gasteiger partial charge in [0.15, 0.2) is 11.4 Å². The number of quaternary nitrogens is 1. The lowest BCUT2D eigenvalue weighted by atomic mass is 9.77. The van der Waals surface area contributed by atoms with Crippen LogP contribution in [-0.4, -0.2) is 40.8 Å². The number of hydrogen-bond acceptors (Lipinski definition) is 5. The van der Waals surface area contributed by atoms with Gasteiger partial charge in [-0.1, -0.05) is 54.6 Å². The van der Waals surface area contributed by atoms with E-state index in [1.54, 1.807) is 6.20 Å². The van der Waals surface area contributed by atoms with Crippen molar-refractivity contribution in [3.05, 3.63) is 108 Å². The molecule has 6 nitrogen and oxygen atoms in total. The highest BCUT2D eigenvalue weighted by Crippen LogP contribution is 2.50. The van der Waals surface area contributed by atoms with Gasteiger partial charge in [0.05, 0.1) is 32.4 Å². The van der Waals surface area contributed by atoms with E-state index in [1.807, 2.05) is 78.9 Å². The standard InChI is InChI=1S/C31H31N2O4/c34-31(26-10-4-6-12-28(26)37-29-13-7-5-11-27(29)31)30-32-18-25(36-30)20-33-16-14-22(15-17-33)23(19-33)21-35-24-8-2-1-3-9-24/h1-13,18,22-23,34H,14-17,19-21H2/q+1/t22?,23-,33?/m0/s1. The number of benzene rings is 3. The first-order chi connectivity index (χ1) is 18.1. The van der Waals surface area contributed by atoms with Crippen LogP contribution in [0.15, 0.2) is 89.5 Å². The quantitative estimate of drug-likeness (QED) is 0.358. The van der Waals surface area contributed by atoms with Gasteiger partial charge in [-0.2, -0.15) is 0 Å². The third-order valence-electron chi connectivity index (χ3n) is 8.57. The van der Waals surface area contributed by atoms with Crippen LogP contribution in [0.25, 0.3) is 0 Å². The van der Waals surface area contributed by atoms with Gasteiger partial charge in [0.25, 0.3) is 0 Å². The van der Waals surface area contributed by atoms with Crippen molar-refractivity contribution in [3.63, 3.8) is 0 Å². The molecule has 4 aliphatic rings. The number of para-hydroxylation sites is 3. The third-order valence-corrected chi connectivity index (χ3v) is 8.57. The summed E-state index contributed by atoms with van der Waals surface area (Å²) in [5, 5.41) is 12.2. The van der Waals surface area contributed by atoms with Crippen LogP contribution in [0.3, 0.4) is 0 Å². The van der Waals surface area contributed by atoms with E-state index < -0.39 is 5.60 Å². The van der Waals surface area contributed by atoms with Gasteiger partial charge in [0, 0.05) is 29.9 Å². The number of piperidine rings is 3. The molecule has 6 heteroatoms. The first kappa shape index (κ1) is 22.6. The van der Waals surface area contributed by atoms with Crippen molar-refractivity contribution in [2.45, 2.75) is 25.0 Å². The minimum atomic E-state index is -1.51. The molecule has 0 saturated carbocycles. The molecular weight excluding hydrogens is 464 g/mol. The van der Waals surface area contributed by atoms with Crippen LogP contribution < -0.4 is 9.47 Å². The van der Waals surface area contributed by atoms with Gasteiger partial charge in [-0.15, -0.1) is 0 Å². The van der Waals surface area contributed by atoms with Gasteiger partial charge in [0.1, 0.15) is 23.8 Å². The molecule has 1 N–H and O–H groups in total. The summed E-state index contributed by atoms with van der Waals surface area (Å²) in [6.07, 6.45) is 4.23. The van der Waals surface area contributed by atoms with E-state index in [4.69, 9.17) is 13.9 Å². The van der Waals surface area contributed by atoms with E-state index >= 15 is 0 Å². The number of aliphatic hydroxyl groups is 1. The lowest BCUT2D eigenvalue weighted by Gasteiger charge is -2.52. The van der Waals surface area contributed by atoms with Gasteiger partial charge < -0.3 is 23.5 Å². The average Bonchev–Trinajstić information content (AvgIpc) is 3.42. The van der Waals surface area contributed by atoms with Crippen LogP contribution in [-0.2, 0) is 12.1 Å². The Morgan fingerprint density at radius 2 is 1.54 bits per heavy atom.